The van der Waals surface area contributed by atoms with Gasteiger partial charge in [-0.3, -0.25) is 9.88 Å². The number of nitrogens with zero attached hydrogens (tertiary/aromatic N) is 2. The Hall–Kier alpha value is -1.33. The van der Waals surface area contributed by atoms with Gasteiger partial charge in [0.15, 0.2) is 11.5 Å². The van der Waals surface area contributed by atoms with Crippen LogP contribution in [-0.2, 0) is 6.54 Å². The number of rotatable bonds is 4. The number of hydrogen-bond donors (Lipinski definition) is 1. The molecule has 0 bridgehead atoms. The maximum atomic E-state index is 5.41. The van der Waals surface area contributed by atoms with E-state index < -0.39 is 0 Å². The van der Waals surface area contributed by atoms with Gasteiger partial charge in [0.25, 0.3) is 0 Å². The van der Waals surface area contributed by atoms with Crippen molar-refractivity contribution in [2.45, 2.75) is 19.5 Å². The van der Waals surface area contributed by atoms with Crippen LogP contribution in [0.25, 0.3) is 0 Å². The number of hydrogen-bond acceptors (Lipinski definition) is 5. The molecule has 18 heavy (non-hydrogen) atoms. The maximum absolute atomic E-state index is 5.41. The average Bonchev–Trinajstić information content (AvgIpc) is 2.41. The van der Waals surface area contributed by atoms with Crippen LogP contribution < -0.4 is 14.8 Å². The molecule has 0 unspecified atom stereocenters. The average molecular weight is 251 g/mol. The van der Waals surface area contributed by atoms with Gasteiger partial charge in [-0.25, -0.2) is 0 Å². The molecule has 0 spiro atoms. The first-order valence-corrected chi connectivity index (χ1v) is 6.27. The van der Waals surface area contributed by atoms with E-state index in [9.17, 15) is 0 Å². The summed E-state index contributed by atoms with van der Waals surface area (Å²) in [6.45, 7) is 6.09. The van der Waals surface area contributed by atoms with Gasteiger partial charge < -0.3 is 14.8 Å². The van der Waals surface area contributed by atoms with E-state index in [4.69, 9.17) is 9.47 Å². The summed E-state index contributed by atoms with van der Waals surface area (Å²) in [4.78, 5) is 6.82. The minimum atomic E-state index is 0.511. The Morgan fingerprint density at radius 2 is 2.28 bits per heavy atom. The lowest BCUT2D eigenvalue weighted by Gasteiger charge is -2.33. The van der Waals surface area contributed by atoms with Crippen LogP contribution in [0.5, 0.6) is 11.5 Å². The Morgan fingerprint density at radius 1 is 1.44 bits per heavy atom. The van der Waals surface area contributed by atoms with Crippen LogP contribution >= 0.6 is 0 Å². The minimum Gasteiger partial charge on any atom is -0.493 e. The maximum Gasteiger partial charge on any atom is 0.183 e. The summed E-state index contributed by atoms with van der Waals surface area (Å²) in [7, 11) is 3.30. The second kappa shape index (κ2) is 6.02. The first kappa shape index (κ1) is 13.1. The summed E-state index contributed by atoms with van der Waals surface area (Å²) >= 11 is 0. The number of pyridine rings is 1. The van der Waals surface area contributed by atoms with E-state index in [0.29, 0.717) is 6.04 Å². The van der Waals surface area contributed by atoms with Gasteiger partial charge in [0.1, 0.15) is 5.69 Å². The van der Waals surface area contributed by atoms with Crippen molar-refractivity contribution in [3.8, 4) is 11.5 Å². The number of piperazine rings is 1. The van der Waals surface area contributed by atoms with Crippen molar-refractivity contribution >= 4 is 0 Å². The third-order valence-corrected chi connectivity index (χ3v) is 3.36. The standard InChI is InChI=1S/C13H21N3O2/c1-10-8-14-6-7-16(10)9-11-13(18-3)12(17-2)4-5-15-11/h4-5,10,14H,6-9H2,1-3H3/t10-/m0/s1. The lowest BCUT2D eigenvalue weighted by atomic mass is 10.2. The highest BCUT2D eigenvalue weighted by molar-refractivity contribution is 5.42. The van der Waals surface area contributed by atoms with E-state index in [1.54, 1.807) is 20.4 Å². The molecule has 2 rings (SSSR count). The number of ether oxygens (including phenoxy) is 2. The van der Waals surface area contributed by atoms with E-state index in [-0.39, 0.29) is 0 Å². The lowest BCUT2D eigenvalue weighted by Crippen LogP contribution is -2.49. The van der Waals surface area contributed by atoms with Crippen LogP contribution in [0.1, 0.15) is 12.6 Å². The van der Waals surface area contributed by atoms with Gasteiger partial charge >= 0.3 is 0 Å². The zero-order valence-electron chi connectivity index (χ0n) is 11.3. The van der Waals surface area contributed by atoms with E-state index in [1.807, 2.05) is 6.07 Å². The van der Waals surface area contributed by atoms with Gasteiger partial charge in [-0.05, 0) is 6.92 Å². The van der Waals surface area contributed by atoms with Gasteiger partial charge in [-0.15, -0.1) is 0 Å². The van der Waals surface area contributed by atoms with Crippen LogP contribution in [0.3, 0.4) is 0 Å². The fourth-order valence-electron chi connectivity index (χ4n) is 2.27. The highest BCUT2D eigenvalue weighted by atomic mass is 16.5. The lowest BCUT2D eigenvalue weighted by molar-refractivity contribution is 0.161. The smallest absolute Gasteiger partial charge is 0.183 e. The van der Waals surface area contributed by atoms with E-state index in [2.05, 4.69) is 22.1 Å². The van der Waals surface area contributed by atoms with Crippen molar-refractivity contribution in [1.29, 1.82) is 0 Å². The molecular formula is C13H21N3O2. The first-order chi connectivity index (χ1) is 8.76. The Balaban J connectivity index is 2.17. The molecule has 1 fully saturated rings. The molecule has 1 aliphatic rings. The molecule has 1 N–H and O–H groups in total. The van der Waals surface area contributed by atoms with Gasteiger partial charge in [-0.2, -0.15) is 0 Å². The molecule has 1 aromatic heterocycles. The van der Waals surface area contributed by atoms with Crippen molar-refractivity contribution in [3.63, 3.8) is 0 Å². The molecule has 1 aromatic rings. The predicted molar refractivity (Wildman–Crippen MR) is 70.1 cm³/mol. The number of nitrogens with one attached hydrogen (secondary N) is 1. The molecule has 0 amide bonds. The minimum absolute atomic E-state index is 0.511. The van der Waals surface area contributed by atoms with Gasteiger partial charge in [-0.1, -0.05) is 0 Å². The molecule has 0 aliphatic carbocycles. The van der Waals surface area contributed by atoms with Crippen molar-refractivity contribution in [3.05, 3.63) is 18.0 Å². The molecule has 5 heteroatoms. The third-order valence-electron chi connectivity index (χ3n) is 3.36. The van der Waals surface area contributed by atoms with Crippen LogP contribution in [0.15, 0.2) is 12.3 Å². The summed E-state index contributed by atoms with van der Waals surface area (Å²) in [6, 6.07) is 2.33. The zero-order valence-corrected chi connectivity index (χ0v) is 11.3. The fraction of sp³-hybridized carbons (Fsp3) is 0.615. The van der Waals surface area contributed by atoms with Crippen LogP contribution in [0, 0.1) is 0 Å². The van der Waals surface area contributed by atoms with Crippen LogP contribution in [0.2, 0.25) is 0 Å². The fourth-order valence-corrected chi connectivity index (χ4v) is 2.27. The molecule has 0 aromatic carbocycles. The Labute approximate surface area is 108 Å². The second-order valence-corrected chi connectivity index (χ2v) is 4.52. The van der Waals surface area contributed by atoms with E-state index >= 15 is 0 Å². The molecular weight excluding hydrogens is 230 g/mol. The number of methoxy groups -OCH3 is 2. The summed E-state index contributed by atoms with van der Waals surface area (Å²) in [5, 5.41) is 3.38. The van der Waals surface area contributed by atoms with Gasteiger partial charge in [0, 0.05) is 44.5 Å². The Kier molecular flexibility index (Phi) is 4.38. The van der Waals surface area contributed by atoms with E-state index in [0.717, 1.165) is 43.4 Å². The first-order valence-electron chi connectivity index (χ1n) is 6.27. The second-order valence-electron chi connectivity index (χ2n) is 4.52. The van der Waals surface area contributed by atoms with Gasteiger partial charge in [0.05, 0.1) is 14.2 Å². The summed E-state index contributed by atoms with van der Waals surface area (Å²) in [5.74, 6) is 1.48. The number of aromatic nitrogens is 1. The van der Waals surface area contributed by atoms with Crippen LogP contribution in [0.4, 0.5) is 0 Å². The van der Waals surface area contributed by atoms with Crippen LogP contribution in [-0.4, -0.2) is 49.8 Å². The summed E-state index contributed by atoms with van der Waals surface area (Å²) in [6.07, 6.45) is 1.77. The molecule has 5 nitrogen and oxygen atoms in total. The summed E-state index contributed by atoms with van der Waals surface area (Å²) in [5.41, 5.74) is 0.936. The third kappa shape index (κ3) is 2.73. The zero-order chi connectivity index (χ0) is 13.0. The normalized spacial score (nSPS) is 20.7. The topological polar surface area (TPSA) is 46.6 Å². The molecule has 0 radical (unpaired) electrons. The molecule has 1 saturated heterocycles. The SMILES string of the molecule is COc1ccnc(CN2CCNC[C@@H]2C)c1OC. The monoisotopic (exact) mass is 251 g/mol. The molecule has 1 aliphatic heterocycles. The van der Waals surface area contributed by atoms with E-state index in [1.165, 1.54) is 0 Å². The molecule has 2 heterocycles. The predicted octanol–water partition coefficient (Wildman–Crippen LogP) is 0.892. The Morgan fingerprint density at radius 3 is 2.94 bits per heavy atom. The molecule has 100 valence electrons. The highest BCUT2D eigenvalue weighted by Crippen LogP contribution is 2.30. The van der Waals surface area contributed by atoms with Crippen molar-refractivity contribution < 1.29 is 9.47 Å². The highest BCUT2D eigenvalue weighted by Gasteiger charge is 2.21. The quantitative estimate of drug-likeness (QED) is 0.861. The van der Waals surface area contributed by atoms with Gasteiger partial charge in [0.2, 0.25) is 0 Å². The molecule has 1 atom stereocenters. The Bertz CT molecular complexity index is 398. The largest absolute Gasteiger partial charge is 0.493 e. The van der Waals surface area contributed by atoms with Crippen molar-refractivity contribution in [2.24, 2.45) is 0 Å². The van der Waals surface area contributed by atoms with Crippen molar-refractivity contribution in [2.75, 3.05) is 33.9 Å². The molecule has 0 saturated carbocycles. The van der Waals surface area contributed by atoms with Crippen molar-refractivity contribution in [1.82, 2.24) is 15.2 Å². The summed E-state index contributed by atoms with van der Waals surface area (Å²) < 4.78 is 10.7.